The Morgan fingerprint density at radius 1 is 1.38 bits per heavy atom. The molecule has 1 heterocycles. The number of rotatable bonds is 5. The number of hydrogen-bond donors (Lipinski definition) is 3. The second kappa shape index (κ2) is 6.04. The molecule has 0 unspecified atom stereocenters. The summed E-state index contributed by atoms with van der Waals surface area (Å²) in [5.41, 5.74) is -0.120. The monoisotopic (exact) mass is 293 g/mol. The number of phenolic OH excluding ortho intramolecular Hbond substituents is 1. The quantitative estimate of drug-likeness (QED) is 0.758. The number of aromatic nitrogens is 2. The molecule has 0 bridgehead atoms. The molecule has 7 nitrogen and oxygen atoms in total. The molecule has 1 amide bonds. The van der Waals surface area contributed by atoms with Gasteiger partial charge in [-0.1, -0.05) is 0 Å². The summed E-state index contributed by atoms with van der Waals surface area (Å²) in [6, 6.07) is 3.10. The van der Waals surface area contributed by atoms with Crippen LogP contribution in [0.25, 0.3) is 0 Å². The average Bonchev–Trinajstić information content (AvgIpc) is 2.87. The Balaban J connectivity index is 1.90. The van der Waals surface area contributed by atoms with Gasteiger partial charge in [0.15, 0.2) is 5.69 Å². The number of benzene rings is 1. The molecule has 110 valence electrons. The fourth-order valence-corrected chi connectivity index (χ4v) is 1.68. The number of phenols is 1. The fraction of sp³-hybridized carbons (Fsp3) is 0.154. The highest BCUT2D eigenvalue weighted by molar-refractivity contribution is 5.96. The van der Waals surface area contributed by atoms with E-state index in [0.29, 0.717) is 6.54 Å². The lowest BCUT2D eigenvalue weighted by molar-refractivity contribution is 0.0690. The zero-order valence-corrected chi connectivity index (χ0v) is 10.8. The number of aromatic carboxylic acids is 1. The molecule has 3 N–H and O–H groups in total. The van der Waals surface area contributed by atoms with Gasteiger partial charge in [0.05, 0.1) is 11.9 Å². The molecule has 0 saturated heterocycles. The highest BCUT2D eigenvalue weighted by Crippen LogP contribution is 2.17. The van der Waals surface area contributed by atoms with Gasteiger partial charge in [0.25, 0.3) is 5.91 Å². The number of carboxylic acid groups (broad SMARTS) is 1. The number of carbonyl (C=O) groups excluding carboxylic acids is 1. The van der Waals surface area contributed by atoms with Crippen molar-refractivity contribution in [2.75, 3.05) is 6.54 Å². The summed E-state index contributed by atoms with van der Waals surface area (Å²) in [5, 5.41) is 20.7. The summed E-state index contributed by atoms with van der Waals surface area (Å²) in [6.07, 6.45) is 2.68. The molecular weight excluding hydrogens is 281 g/mol. The predicted octanol–water partition coefficient (Wildman–Crippen LogP) is 0.856. The normalized spacial score (nSPS) is 10.3. The summed E-state index contributed by atoms with van der Waals surface area (Å²) < 4.78 is 14.3. The van der Waals surface area contributed by atoms with E-state index in [-0.39, 0.29) is 17.8 Å². The second-order valence-corrected chi connectivity index (χ2v) is 4.22. The Labute approximate surface area is 118 Å². The van der Waals surface area contributed by atoms with Crippen molar-refractivity contribution in [3.63, 3.8) is 0 Å². The largest absolute Gasteiger partial charge is 0.507 e. The molecule has 1 aromatic heterocycles. The van der Waals surface area contributed by atoms with E-state index in [0.717, 1.165) is 12.1 Å². The summed E-state index contributed by atoms with van der Waals surface area (Å²) in [5.74, 6) is -2.76. The molecule has 0 spiro atoms. The minimum absolute atomic E-state index is 0.0340. The van der Waals surface area contributed by atoms with Crippen LogP contribution in [0.4, 0.5) is 4.39 Å². The summed E-state index contributed by atoms with van der Waals surface area (Å²) in [7, 11) is 0. The van der Waals surface area contributed by atoms with Gasteiger partial charge >= 0.3 is 5.97 Å². The van der Waals surface area contributed by atoms with Crippen molar-refractivity contribution in [2.45, 2.75) is 6.54 Å². The number of imidazole rings is 1. The predicted molar refractivity (Wildman–Crippen MR) is 69.6 cm³/mol. The molecule has 0 saturated carbocycles. The van der Waals surface area contributed by atoms with Gasteiger partial charge in [0, 0.05) is 25.4 Å². The third-order valence-corrected chi connectivity index (χ3v) is 2.71. The third kappa shape index (κ3) is 3.56. The van der Waals surface area contributed by atoms with E-state index in [1.807, 2.05) is 0 Å². The summed E-state index contributed by atoms with van der Waals surface area (Å²) in [4.78, 5) is 26.1. The lowest BCUT2D eigenvalue weighted by Crippen LogP contribution is -2.27. The fourth-order valence-electron chi connectivity index (χ4n) is 1.68. The van der Waals surface area contributed by atoms with E-state index in [2.05, 4.69) is 10.3 Å². The van der Waals surface area contributed by atoms with Gasteiger partial charge in [0.2, 0.25) is 0 Å². The van der Waals surface area contributed by atoms with Crippen LogP contribution in [-0.4, -0.2) is 38.2 Å². The van der Waals surface area contributed by atoms with Crippen LogP contribution in [-0.2, 0) is 6.54 Å². The van der Waals surface area contributed by atoms with Crippen molar-refractivity contribution in [1.82, 2.24) is 14.9 Å². The molecule has 0 aliphatic carbocycles. The molecule has 2 rings (SSSR count). The zero-order chi connectivity index (χ0) is 15.4. The van der Waals surface area contributed by atoms with Crippen molar-refractivity contribution in [3.8, 4) is 5.75 Å². The maximum absolute atomic E-state index is 12.8. The Morgan fingerprint density at radius 2 is 2.14 bits per heavy atom. The highest BCUT2D eigenvalue weighted by atomic mass is 19.1. The van der Waals surface area contributed by atoms with Crippen LogP contribution in [0.15, 0.2) is 30.7 Å². The first-order chi connectivity index (χ1) is 9.97. The first-order valence-electron chi connectivity index (χ1n) is 5.99. The van der Waals surface area contributed by atoms with Crippen molar-refractivity contribution in [3.05, 3.63) is 47.8 Å². The van der Waals surface area contributed by atoms with Crippen LogP contribution in [0.5, 0.6) is 5.75 Å². The van der Waals surface area contributed by atoms with Crippen LogP contribution in [0.3, 0.4) is 0 Å². The molecular formula is C13H12FN3O4. The Bertz CT molecular complexity index is 684. The Morgan fingerprint density at radius 3 is 2.76 bits per heavy atom. The SMILES string of the molecule is O=C(O)c1cn(CCNC(=O)c2ccc(F)cc2O)cn1. The number of halogens is 1. The molecule has 2 aromatic rings. The van der Waals surface area contributed by atoms with E-state index in [9.17, 15) is 19.1 Å². The van der Waals surface area contributed by atoms with Crippen molar-refractivity contribution < 1.29 is 24.2 Å². The lowest BCUT2D eigenvalue weighted by Gasteiger charge is -2.07. The smallest absolute Gasteiger partial charge is 0.356 e. The summed E-state index contributed by atoms with van der Waals surface area (Å²) >= 11 is 0. The first kappa shape index (κ1) is 14.5. The van der Waals surface area contributed by atoms with E-state index in [1.165, 1.54) is 23.2 Å². The minimum atomic E-state index is -1.13. The van der Waals surface area contributed by atoms with Gasteiger partial charge in [-0.3, -0.25) is 4.79 Å². The number of hydrogen-bond acceptors (Lipinski definition) is 4. The molecule has 0 aliphatic heterocycles. The van der Waals surface area contributed by atoms with Crippen LogP contribution < -0.4 is 5.32 Å². The van der Waals surface area contributed by atoms with E-state index in [1.54, 1.807) is 0 Å². The molecule has 8 heteroatoms. The third-order valence-electron chi connectivity index (χ3n) is 2.71. The zero-order valence-electron chi connectivity index (χ0n) is 10.8. The van der Waals surface area contributed by atoms with E-state index >= 15 is 0 Å². The number of amides is 1. The van der Waals surface area contributed by atoms with Gasteiger partial charge in [-0.25, -0.2) is 14.2 Å². The summed E-state index contributed by atoms with van der Waals surface area (Å²) in [6.45, 7) is 0.513. The molecule has 21 heavy (non-hydrogen) atoms. The minimum Gasteiger partial charge on any atom is -0.507 e. The topological polar surface area (TPSA) is 104 Å². The average molecular weight is 293 g/mol. The van der Waals surface area contributed by atoms with Crippen molar-refractivity contribution in [2.24, 2.45) is 0 Å². The van der Waals surface area contributed by atoms with Gasteiger partial charge in [0.1, 0.15) is 11.6 Å². The Hall–Kier alpha value is -2.90. The highest BCUT2D eigenvalue weighted by Gasteiger charge is 2.11. The number of aromatic hydroxyl groups is 1. The number of carboxylic acids is 1. The van der Waals surface area contributed by atoms with Crippen LogP contribution in [0, 0.1) is 5.82 Å². The van der Waals surface area contributed by atoms with Crippen molar-refractivity contribution in [1.29, 1.82) is 0 Å². The number of carbonyl (C=O) groups is 2. The maximum Gasteiger partial charge on any atom is 0.356 e. The Kier molecular flexibility index (Phi) is 4.17. The molecule has 1 aromatic carbocycles. The molecule has 0 radical (unpaired) electrons. The van der Waals surface area contributed by atoms with Gasteiger partial charge in [-0.2, -0.15) is 0 Å². The van der Waals surface area contributed by atoms with Gasteiger partial charge < -0.3 is 20.1 Å². The number of nitrogens with zero attached hydrogens (tertiary/aromatic N) is 2. The van der Waals surface area contributed by atoms with Crippen LogP contribution in [0.2, 0.25) is 0 Å². The number of nitrogens with one attached hydrogen (secondary N) is 1. The molecule has 0 atom stereocenters. The second-order valence-electron chi connectivity index (χ2n) is 4.22. The van der Waals surface area contributed by atoms with Crippen molar-refractivity contribution >= 4 is 11.9 Å². The lowest BCUT2D eigenvalue weighted by atomic mass is 10.2. The molecule has 0 fully saturated rings. The van der Waals surface area contributed by atoms with Crippen LogP contribution in [0.1, 0.15) is 20.8 Å². The molecule has 0 aliphatic rings. The van der Waals surface area contributed by atoms with Crippen LogP contribution >= 0.6 is 0 Å². The van der Waals surface area contributed by atoms with Gasteiger partial charge in [-0.15, -0.1) is 0 Å². The first-order valence-corrected chi connectivity index (χ1v) is 5.99. The van der Waals surface area contributed by atoms with E-state index < -0.39 is 23.4 Å². The van der Waals surface area contributed by atoms with Gasteiger partial charge in [-0.05, 0) is 12.1 Å². The standard InChI is InChI=1S/C13H12FN3O4/c14-8-1-2-9(11(18)5-8)12(19)15-3-4-17-6-10(13(20)21)16-7-17/h1-2,5-7,18H,3-4H2,(H,15,19)(H,20,21). The van der Waals surface area contributed by atoms with E-state index in [4.69, 9.17) is 5.11 Å². The maximum atomic E-state index is 12.8.